The summed E-state index contributed by atoms with van der Waals surface area (Å²) in [6.45, 7) is 2.20. The lowest BCUT2D eigenvalue weighted by molar-refractivity contribution is -0.119. The second kappa shape index (κ2) is 6.83. The molecule has 2 N–H and O–H groups in total. The van der Waals surface area contributed by atoms with E-state index in [1.165, 1.54) is 42.4 Å². The van der Waals surface area contributed by atoms with Crippen molar-refractivity contribution in [1.82, 2.24) is 15.3 Å². The normalized spacial score (nSPS) is 21.9. The Balaban J connectivity index is 1.58. The van der Waals surface area contributed by atoms with Crippen molar-refractivity contribution in [2.45, 2.75) is 43.8 Å². The number of aromatic nitrogens is 2. The molecule has 1 aliphatic carbocycles. The Morgan fingerprint density at radius 3 is 3.14 bits per heavy atom. The SMILES string of the molecule is C[C@H]1CCCC[C@@H]1NC(=O)CSc1nc2sccc2c(=O)[nH]1. The molecule has 2 atom stereocenters. The number of rotatable bonds is 4. The highest BCUT2D eigenvalue weighted by molar-refractivity contribution is 7.99. The van der Waals surface area contributed by atoms with Gasteiger partial charge in [-0.05, 0) is 30.2 Å². The molecule has 1 fully saturated rings. The van der Waals surface area contributed by atoms with E-state index in [2.05, 4.69) is 22.2 Å². The Morgan fingerprint density at radius 2 is 2.32 bits per heavy atom. The number of aromatic amines is 1. The molecule has 22 heavy (non-hydrogen) atoms. The molecule has 2 aromatic rings. The van der Waals surface area contributed by atoms with E-state index in [1.54, 1.807) is 6.07 Å². The molecule has 1 saturated carbocycles. The fraction of sp³-hybridized carbons (Fsp3) is 0.533. The Hall–Kier alpha value is -1.34. The molecule has 2 heterocycles. The van der Waals surface area contributed by atoms with Gasteiger partial charge in [-0.15, -0.1) is 11.3 Å². The van der Waals surface area contributed by atoms with Gasteiger partial charge in [0.1, 0.15) is 4.83 Å². The molecule has 0 radical (unpaired) electrons. The van der Waals surface area contributed by atoms with Crippen LogP contribution in [0.4, 0.5) is 0 Å². The summed E-state index contributed by atoms with van der Waals surface area (Å²) in [6, 6.07) is 2.05. The first kappa shape index (κ1) is 15.6. The number of thioether (sulfide) groups is 1. The quantitative estimate of drug-likeness (QED) is 0.664. The van der Waals surface area contributed by atoms with Crippen molar-refractivity contribution in [3.63, 3.8) is 0 Å². The van der Waals surface area contributed by atoms with E-state index in [0.717, 1.165) is 6.42 Å². The number of nitrogens with zero attached hydrogens (tertiary/aromatic N) is 1. The maximum Gasteiger partial charge on any atom is 0.260 e. The van der Waals surface area contributed by atoms with Gasteiger partial charge in [-0.25, -0.2) is 4.98 Å². The van der Waals surface area contributed by atoms with Crippen molar-refractivity contribution in [2.75, 3.05) is 5.75 Å². The average Bonchev–Trinajstić information content (AvgIpc) is 2.97. The number of thiophene rings is 1. The van der Waals surface area contributed by atoms with E-state index >= 15 is 0 Å². The fourth-order valence-electron chi connectivity index (χ4n) is 2.83. The summed E-state index contributed by atoms with van der Waals surface area (Å²) in [7, 11) is 0. The minimum absolute atomic E-state index is 0.0117. The van der Waals surface area contributed by atoms with E-state index in [-0.39, 0.29) is 23.3 Å². The van der Waals surface area contributed by atoms with E-state index in [4.69, 9.17) is 0 Å². The lowest BCUT2D eigenvalue weighted by atomic mass is 9.86. The largest absolute Gasteiger partial charge is 0.352 e. The van der Waals surface area contributed by atoms with Crippen molar-refractivity contribution in [3.8, 4) is 0 Å². The lowest BCUT2D eigenvalue weighted by Gasteiger charge is -2.29. The van der Waals surface area contributed by atoms with Crippen molar-refractivity contribution in [1.29, 1.82) is 0 Å². The van der Waals surface area contributed by atoms with Crippen LogP contribution < -0.4 is 10.9 Å². The van der Waals surface area contributed by atoms with Crippen molar-refractivity contribution >= 4 is 39.2 Å². The van der Waals surface area contributed by atoms with Gasteiger partial charge in [0.25, 0.3) is 5.56 Å². The molecule has 2 aromatic heterocycles. The summed E-state index contributed by atoms with van der Waals surface area (Å²) >= 11 is 2.71. The van der Waals surface area contributed by atoms with Crippen LogP contribution in [0.1, 0.15) is 32.6 Å². The Bertz CT molecular complexity index is 725. The maximum atomic E-state index is 12.1. The van der Waals surface area contributed by atoms with Gasteiger partial charge in [0.05, 0.1) is 11.1 Å². The van der Waals surface area contributed by atoms with Gasteiger partial charge in [0, 0.05) is 6.04 Å². The second-order valence-electron chi connectivity index (χ2n) is 5.73. The zero-order valence-corrected chi connectivity index (χ0v) is 14.1. The average molecular weight is 337 g/mol. The smallest absolute Gasteiger partial charge is 0.260 e. The van der Waals surface area contributed by atoms with Gasteiger partial charge in [0.15, 0.2) is 5.16 Å². The van der Waals surface area contributed by atoms with E-state index < -0.39 is 0 Å². The van der Waals surface area contributed by atoms with Crippen molar-refractivity contribution < 1.29 is 4.79 Å². The highest BCUT2D eigenvalue weighted by atomic mass is 32.2. The van der Waals surface area contributed by atoms with Gasteiger partial charge in [-0.2, -0.15) is 0 Å². The zero-order chi connectivity index (χ0) is 15.5. The molecule has 0 unspecified atom stereocenters. The number of hydrogen-bond acceptors (Lipinski definition) is 5. The number of amides is 1. The molecule has 0 bridgehead atoms. The van der Waals surface area contributed by atoms with Crippen LogP contribution in [-0.4, -0.2) is 27.7 Å². The van der Waals surface area contributed by atoms with Crippen LogP contribution in [-0.2, 0) is 4.79 Å². The number of carbonyl (C=O) groups is 1. The van der Waals surface area contributed by atoms with E-state index in [1.807, 2.05) is 5.38 Å². The van der Waals surface area contributed by atoms with Crippen molar-refractivity contribution in [2.24, 2.45) is 5.92 Å². The highest BCUT2D eigenvalue weighted by Crippen LogP contribution is 2.24. The molecule has 0 spiro atoms. The summed E-state index contributed by atoms with van der Waals surface area (Å²) in [5.74, 6) is 0.837. The third-order valence-electron chi connectivity index (χ3n) is 4.11. The van der Waals surface area contributed by atoms with E-state index in [9.17, 15) is 9.59 Å². The van der Waals surface area contributed by atoms with Gasteiger partial charge >= 0.3 is 0 Å². The predicted octanol–water partition coefficient (Wildman–Crippen LogP) is 2.77. The molecule has 118 valence electrons. The molecule has 0 saturated heterocycles. The number of H-pyrrole nitrogens is 1. The lowest BCUT2D eigenvalue weighted by Crippen LogP contribution is -2.41. The molecule has 0 aromatic carbocycles. The molecular weight excluding hydrogens is 318 g/mol. The number of nitrogens with one attached hydrogen (secondary N) is 2. The first-order chi connectivity index (χ1) is 10.6. The zero-order valence-electron chi connectivity index (χ0n) is 12.4. The minimum Gasteiger partial charge on any atom is -0.352 e. The molecule has 7 heteroatoms. The van der Waals surface area contributed by atoms with Crippen LogP contribution in [0, 0.1) is 5.92 Å². The first-order valence-corrected chi connectivity index (χ1v) is 9.39. The number of fused-ring (bicyclic) bond motifs is 1. The second-order valence-corrected chi connectivity index (χ2v) is 7.59. The molecule has 3 rings (SSSR count). The summed E-state index contributed by atoms with van der Waals surface area (Å²) in [6.07, 6.45) is 4.69. The molecule has 1 amide bonds. The summed E-state index contributed by atoms with van der Waals surface area (Å²) in [5.41, 5.74) is -0.143. The van der Waals surface area contributed by atoms with Crippen LogP contribution in [0.2, 0.25) is 0 Å². The van der Waals surface area contributed by atoms with Gasteiger partial charge < -0.3 is 10.3 Å². The van der Waals surface area contributed by atoms with Crippen LogP contribution >= 0.6 is 23.1 Å². The Labute approximate surface area is 136 Å². The van der Waals surface area contributed by atoms with Gasteiger partial charge in [-0.1, -0.05) is 31.5 Å². The van der Waals surface area contributed by atoms with Crippen LogP contribution in [0.3, 0.4) is 0 Å². The maximum absolute atomic E-state index is 12.1. The van der Waals surface area contributed by atoms with Crippen LogP contribution in [0.5, 0.6) is 0 Å². The van der Waals surface area contributed by atoms with Crippen molar-refractivity contribution in [3.05, 3.63) is 21.8 Å². The highest BCUT2D eigenvalue weighted by Gasteiger charge is 2.22. The monoisotopic (exact) mass is 337 g/mol. The molecule has 5 nitrogen and oxygen atoms in total. The molecular formula is C15H19N3O2S2. The van der Waals surface area contributed by atoms with Crippen LogP contribution in [0.25, 0.3) is 10.2 Å². The Morgan fingerprint density at radius 1 is 1.50 bits per heavy atom. The fourth-order valence-corrected chi connectivity index (χ4v) is 4.32. The Kier molecular flexibility index (Phi) is 4.83. The molecule has 0 aliphatic heterocycles. The summed E-state index contributed by atoms with van der Waals surface area (Å²) in [5, 5.41) is 6.07. The third kappa shape index (κ3) is 3.52. The number of hydrogen-bond donors (Lipinski definition) is 2. The standard InChI is InChI=1S/C15H19N3O2S2/c1-9-4-2-3-5-11(9)16-12(19)8-22-15-17-13(20)10-6-7-21-14(10)18-15/h6-7,9,11H,2-5,8H2,1H3,(H,16,19)(H,17,18,20)/t9-,11-/m0/s1. The first-order valence-electron chi connectivity index (χ1n) is 7.53. The summed E-state index contributed by atoms with van der Waals surface area (Å²) in [4.78, 5) is 31.8. The topological polar surface area (TPSA) is 74.8 Å². The number of carbonyl (C=O) groups excluding carboxylic acids is 1. The third-order valence-corrected chi connectivity index (χ3v) is 5.79. The minimum atomic E-state index is -0.143. The predicted molar refractivity (Wildman–Crippen MR) is 90.5 cm³/mol. The van der Waals surface area contributed by atoms with Gasteiger partial charge in [0.2, 0.25) is 5.91 Å². The summed E-state index contributed by atoms with van der Waals surface area (Å²) < 4.78 is 0. The van der Waals surface area contributed by atoms with E-state index in [0.29, 0.717) is 21.3 Å². The van der Waals surface area contributed by atoms with Gasteiger partial charge in [-0.3, -0.25) is 9.59 Å². The van der Waals surface area contributed by atoms with Crippen LogP contribution in [0.15, 0.2) is 21.4 Å². The molecule has 1 aliphatic rings.